The zero-order chi connectivity index (χ0) is 10.9. The van der Waals surface area contributed by atoms with Gasteiger partial charge in [-0.25, -0.2) is 9.72 Å². The van der Waals surface area contributed by atoms with Crippen LogP contribution in [0.4, 0.5) is 0 Å². The van der Waals surface area contributed by atoms with Crippen LogP contribution in [0.15, 0.2) is 0 Å². The van der Waals surface area contributed by atoms with Crippen LogP contribution >= 0.6 is 23.2 Å². The fourth-order valence-electron chi connectivity index (χ4n) is 0.345. The summed E-state index contributed by atoms with van der Waals surface area (Å²) < 4.78 is 29.9. The molecular weight excluding hydrogens is 249 g/mol. The van der Waals surface area contributed by atoms with Gasteiger partial charge in [0, 0.05) is 15.5 Å². The van der Waals surface area contributed by atoms with E-state index in [-0.39, 0.29) is 0 Å². The second-order valence-corrected chi connectivity index (χ2v) is 6.44. The largest absolute Gasteiger partial charge is 0.799 e. The highest BCUT2D eigenvalue weighted by Gasteiger charge is 2.08. The fraction of sp³-hybridized carbons (Fsp3) is 0. The molecule has 0 saturated carbocycles. The fourth-order valence-corrected chi connectivity index (χ4v) is 3.51. The zero-order valence-electron chi connectivity index (χ0n) is 5.61. The van der Waals surface area contributed by atoms with Gasteiger partial charge in [0.2, 0.25) is 0 Å². The topological polar surface area (TPSA) is 191 Å². The lowest BCUT2D eigenvalue weighted by Crippen LogP contribution is -2.37. The molecule has 0 aliphatic heterocycles. The Morgan fingerprint density at radius 3 is 1.08 bits per heavy atom. The molecule has 0 aliphatic carbocycles. The van der Waals surface area contributed by atoms with E-state index in [2.05, 4.69) is 0 Å². The first kappa shape index (κ1) is 13.4. The van der Waals surface area contributed by atoms with Crippen LogP contribution in [0.3, 0.4) is 0 Å². The summed E-state index contributed by atoms with van der Waals surface area (Å²) in [6.07, 6.45) is 0. The van der Waals surface area contributed by atoms with E-state index in [0.29, 0.717) is 9.72 Å². The monoisotopic (exact) mass is 251 g/mol. The van der Waals surface area contributed by atoms with Crippen LogP contribution in [0.1, 0.15) is 0 Å². The summed E-state index contributed by atoms with van der Waals surface area (Å²) in [4.78, 5) is 50.3. The van der Waals surface area contributed by atoms with Crippen molar-refractivity contribution < 1.29 is 38.2 Å². The summed E-state index contributed by atoms with van der Waals surface area (Å²) in [6, 6.07) is 0. The Morgan fingerprint density at radius 2 is 0.923 bits per heavy atom. The maximum Gasteiger partial charge on any atom is 0.151 e. The predicted octanol–water partition coefficient (Wildman–Crippen LogP) is -4.71. The van der Waals surface area contributed by atoms with Crippen molar-refractivity contribution in [1.29, 1.82) is 0 Å². The van der Waals surface area contributed by atoms with Crippen LogP contribution in [0.25, 0.3) is 0 Å². The maximum absolute atomic E-state index is 10.3. The van der Waals surface area contributed by atoms with Gasteiger partial charge in [-0.1, -0.05) is 0 Å². The Morgan fingerprint density at radius 1 is 0.692 bits per heavy atom. The van der Waals surface area contributed by atoms with Gasteiger partial charge in [0.25, 0.3) is 0 Å². The predicted molar refractivity (Wildman–Crippen MR) is 29.1 cm³/mol. The van der Waals surface area contributed by atoms with Crippen LogP contribution in [-0.4, -0.2) is 0 Å². The molecule has 0 saturated heterocycles. The summed E-state index contributed by atoms with van der Waals surface area (Å²) in [5, 5.41) is 0. The van der Waals surface area contributed by atoms with E-state index in [1.807, 2.05) is 0 Å². The summed E-state index contributed by atoms with van der Waals surface area (Å²) in [6.45, 7) is 0. The Balaban J connectivity index is 4.54. The van der Waals surface area contributed by atoms with E-state index in [1.54, 1.807) is 0 Å². The maximum atomic E-state index is 10.3. The first-order valence-electron chi connectivity index (χ1n) is 2.36. The van der Waals surface area contributed by atoms with E-state index in [1.165, 1.54) is 0 Å². The second-order valence-electron chi connectivity index (χ2n) is 1.75. The molecule has 0 aromatic heterocycles. The van der Waals surface area contributed by atoms with E-state index >= 15 is 0 Å². The van der Waals surface area contributed by atoms with Gasteiger partial charge >= 0.3 is 0 Å². The number of nitrogens with one attached hydrogen (secondary N) is 2. The first-order chi connectivity index (χ1) is 5.41. The van der Waals surface area contributed by atoms with Gasteiger partial charge in [0.1, 0.15) is 0 Å². The normalized spacial score (nSPS) is 14.5. The molecule has 13 heteroatoms. The molecule has 0 rings (SSSR count). The molecular formula is H2N2O8P3-5. The lowest BCUT2D eigenvalue weighted by Gasteiger charge is -2.42. The summed E-state index contributed by atoms with van der Waals surface area (Å²) in [5.41, 5.74) is 0. The second kappa shape index (κ2) is 3.88. The highest BCUT2D eigenvalue weighted by molar-refractivity contribution is 7.72. The van der Waals surface area contributed by atoms with Crippen molar-refractivity contribution in [3.05, 3.63) is 0 Å². The quantitative estimate of drug-likeness (QED) is 0.458. The molecule has 0 radical (unpaired) electrons. The van der Waals surface area contributed by atoms with Crippen molar-refractivity contribution in [2.75, 3.05) is 0 Å². The van der Waals surface area contributed by atoms with Gasteiger partial charge < -0.3 is 38.2 Å². The molecule has 2 N–H and O–H groups in total. The minimum atomic E-state index is -5.66. The van der Waals surface area contributed by atoms with Gasteiger partial charge in [-0.15, -0.1) is 0 Å². The Hall–Kier alpha value is 0.410. The molecule has 0 aromatic rings. The van der Waals surface area contributed by atoms with Crippen molar-refractivity contribution in [2.24, 2.45) is 0 Å². The third-order valence-electron chi connectivity index (χ3n) is 0.508. The molecule has 0 spiro atoms. The summed E-state index contributed by atoms with van der Waals surface area (Å²) >= 11 is 0. The van der Waals surface area contributed by atoms with Crippen LogP contribution in [0.5, 0.6) is 0 Å². The molecule has 80 valence electrons. The molecule has 0 amide bonds. The third-order valence-corrected chi connectivity index (χ3v) is 4.57. The van der Waals surface area contributed by atoms with E-state index in [0.717, 1.165) is 0 Å². The highest BCUT2D eigenvalue weighted by Crippen LogP contribution is 2.42. The third kappa shape index (κ3) is 8.73. The zero-order valence-corrected chi connectivity index (χ0v) is 8.29. The van der Waals surface area contributed by atoms with Gasteiger partial charge in [-0.3, -0.25) is 0 Å². The van der Waals surface area contributed by atoms with E-state index < -0.39 is 23.2 Å². The lowest BCUT2D eigenvalue weighted by atomic mass is 13.8. The number of hydrogen-bond donors (Lipinski definition) is 2. The SMILES string of the molecule is O=P([O-])([O-])NP(=O)([O-])NP(=O)([O-])[O-]. The smallest absolute Gasteiger partial charge is 0.151 e. The first-order valence-corrected chi connectivity index (χ1v) is 7.07. The van der Waals surface area contributed by atoms with Gasteiger partial charge in [-0.2, -0.15) is 0 Å². The minimum absolute atomic E-state index is 0.413. The standard InChI is InChI=1S/H7N2O8P3/c3-11(4,1-12(5,6)7)2-13(8,9)10/h(H7,1,2,3,4,5,6,7,8,9,10)/p-5. The minimum Gasteiger partial charge on any atom is -0.799 e. The van der Waals surface area contributed by atoms with Crippen molar-refractivity contribution in [2.45, 2.75) is 0 Å². The van der Waals surface area contributed by atoms with Crippen molar-refractivity contribution in [3.8, 4) is 0 Å². The highest BCUT2D eigenvalue weighted by atomic mass is 31.3. The van der Waals surface area contributed by atoms with Crippen molar-refractivity contribution >= 4 is 23.2 Å². The molecule has 10 nitrogen and oxygen atoms in total. The molecule has 0 heterocycles. The molecule has 0 aliphatic rings. The number of rotatable bonds is 4. The van der Waals surface area contributed by atoms with Gasteiger partial charge in [0.15, 0.2) is 7.67 Å². The molecule has 13 heavy (non-hydrogen) atoms. The van der Waals surface area contributed by atoms with Crippen molar-refractivity contribution in [1.82, 2.24) is 9.72 Å². The Labute approximate surface area is 72.0 Å². The summed E-state index contributed by atoms with van der Waals surface area (Å²) in [5.74, 6) is 0. The van der Waals surface area contributed by atoms with Crippen LogP contribution in [-0.2, 0) is 13.7 Å². The Kier molecular flexibility index (Phi) is 4.00. The van der Waals surface area contributed by atoms with E-state index in [4.69, 9.17) is 0 Å². The average molecular weight is 251 g/mol. The molecule has 0 unspecified atom stereocenters. The van der Waals surface area contributed by atoms with Gasteiger partial charge in [-0.05, 0) is 0 Å². The molecule has 0 fully saturated rings. The van der Waals surface area contributed by atoms with Crippen LogP contribution < -0.4 is 34.2 Å². The Bertz CT molecular complexity index is 279. The molecule has 0 aromatic carbocycles. The molecule has 0 atom stereocenters. The molecule has 0 bridgehead atoms. The summed E-state index contributed by atoms with van der Waals surface area (Å²) in [7, 11) is -16.8. The van der Waals surface area contributed by atoms with Gasteiger partial charge in [0.05, 0.1) is 0 Å². The van der Waals surface area contributed by atoms with Crippen LogP contribution in [0.2, 0.25) is 0 Å². The lowest BCUT2D eigenvalue weighted by molar-refractivity contribution is -0.317. The van der Waals surface area contributed by atoms with Crippen molar-refractivity contribution in [3.63, 3.8) is 0 Å². The number of hydrogen-bond acceptors (Lipinski definition) is 8. The average Bonchev–Trinajstić information content (AvgIpc) is 1.43. The van der Waals surface area contributed by atoms with Crippen LogP contribution in [0, 0.1) is 0 Å². The van der Waals surface area contributed by atoms with E-state index in [9.17, 15) is 38.2 Å².